The van der Waals surface area contributed by atoms with Crippen LogP contribution in [0.5, 0.6) is 11.5 Å². The van der Waals surface area contributed by atoms with Crippen molar-refractivity contribution in [2.24, 2.45) is 0 Å². The van der Waals surface area contributed by atoms with Crippen molar-refractivity contribution in [3.63, 3.8) is 0 Å². The predicted octanol–water partition coefficient (Wildman–Crippen LogP) is 4.83. The zero-order chi connectivity index (χ0) is 32.0. The van der Waals surface area contributed by atoms with E-state index in [4.69, 9.17) is 4.74 Å². The minimum absolute atomic E-state index is 0.0199. The third-order valence-corrected chi connectivity index (χ3v) is 10.6. The second-order valence-corrected chi connectivity index (χ2v) is 13.2. The van der Waals surface area contributed by atoms with E-state index in [9.17, 15) is 26.8 Å². The van der Waals surface area contributed by atoms with E-state index in [-0.39, 0.29) is 44.1 Å². The third kappa shape index (κ3) is 5.32. The first kappa shape index (κ1) is 29.7. The fraction of sp³-hybridized carbons (Fsp3) is 0.235. The number of fused-ring (bicyclic) bond motifs is 2. The standard InChI is InChI=1S/C34H30F2N4O5S/c35-23-7-11-25(12-8-23)37-15-19-39(20-16-37)33(41)27-3-1-5-29-31(27)46(43,44)32-28(4-2-6-30(32)45-29)34(42)40-21-17-38(18-22-40)26-13-9-24(36)10-14-26/h1-14H,15-22H2. The molecule has 0 radical (unpaired) electrons. The first-order valence-electron chi connectivity index (χ1n) is 15.0. The van der Waals surface area contributed by atoms with Crippen LogP contribution in [0.1, 0.15) is 20.7 Å². The van der Waals surface area contributed by atoms with Crippen molar-refractivity contribution in [3.8, 4) is 11.5 Å². The SMILES string of the molecule is O=C(c1cccc2c1S(=O)(=O)c1c(cccc1C(=O)N1CCN(c3ccc(F)cc3)CC1)O2)N1CCN(c2ccc(F)cc2)CC1. The average Bonchev–Trinajstić information content (AvgIpc) is 3.08. The van der Waals surface area contributed by atoms with Gasteiger partial charge in [-0.2, -0.15) is 0 Å². The van der Waals surface area contributed by atoms with Crippen LogP contribution in [-0.2, 0) is 9.84 Å². The van der Waals surface area contributed by atoms with Crippen LogP contribution < -0.4 is 14.5 Å². The Kier molecular flexibility index (Phi) is 7.59. The summed E-state index contributed by atoms with van der Waals surface area (Å²) in [6.07, 6.45) is 0. The lowest BCUT2D eigenvalue weighted by Gasteiger charge is -2.37. The largest absolute Gasteiger partial charge is 0.455 e. The fourth-order valence-corrected chi connectivity index (χ4v) is 8.13. The molecule has 46 heavy (non-hydrogen) atoms. The van der Waals surface area contributed by atoms with Crippen molar-refractivity contribution < 1.29 is 31.5 Å². The molecule has 3 heterocycles. The number of carbonyl (C=O) groups excluding carboxylic acids is 2. The van der Waals surface area contributed by atoms with Crippen molar-refractivity contribution in [1.82, 2.24) is 9.80 Å². The molecule has 4 aromatic carbocycles. The summed E-state index contributed by atoms with van der Waals surface area (Å²) >= 11 is 0. The minimum Gasteiger partial charge on any atom is -0.455 e. The summed E-state index contributed by atoms with van der Waals surface area (Å²) in [4.78, 5) is 34.4. The summed E-state index contributed by atoms with van der Waals surface area (Å²) in [5, 5.41) is 0. The number of amides is 2. The number of sulfone groups is 1. The van der Waals surface area contributed by atoms with E-state index >= 15 is 0 Å². The summed E-state index contributed by atoms with van der Waals surface area (Å²) in [6.45, 7) is 3.32. The Morgan fingerprint density at radius 2 is 0.913 bits per heavy atom. The van der Waals surface area contributed by atoms with Crippen molar-refractivity contribution in [2.45, 2.75) is 9.79 Å². The highest BCUT2D eigenvalue weighted by molar-refractivity contribution is 7.92. The molecule has 7 rings (SSSR count). The van der Waals surface area contributed by atoms with Gasteiger partial charge in [0.05, 0.1) is 11.1 Å². The summed E-state index contributed by atoms with van der Waals surface area (Å²) in [7, 11) is -4.36. The number of anilines is 2. The number of rotatable bonds is 4. The number of ether oxygens (including phenoxy) is 1. The lowest BCUT2D eigenvalue weighted by atomic mass is 10.1. The number of halogens is 2. The zero-order valence-corrected chi connectivity index (χ0v) is 25.6. The van der Waals surface area contributed by atoms with Gasteiger partial charge in [0.1, 0.15) is 32.9 Å². The van der Waals surface area contributed by atoms with Gasteiger partial charge in [-0.15, -0.1) is 0 Å². The monoisotopic (exact) mass is 644 g/mol. The highest BCUT2D eigenvalue weighted by atomic mass is 32.2. The summed E-state index contributed by atoms with van der Waals surface area (Å²) in [5.74, 6) is -1.50. The average molecular weight is 645 g/mol. The predicted molar refractivity (Wildman–Crippen MR) is 167 cm³/mol. The van der Waals surface area contributed by atoms with Crippen LogP contribution in [0, 0.1) is 11.6 Å². The van der Waals surface area contributed by atoms with E-state index in [0.717, 1.165) is 11.4 Å². The number of nitrogens with zero attached hydrogens (tertiary/aromatic N) is 4. The van der Waals surface area contributed by atoms with Crippen LogP contribution >= 0.6 is 0 Å². The van der Waals surface area contributed by atoms with E-state index in [0.29, 0.717) is 52.4 Å². The van der Waals surface area contributed by atoms with Crippen LogP contribution in [0.25, 0.3) is 0 Å². The molecule has 2 fully saturated rings. The lowest BCUT2D eigenvalue weighted by molar-refractivity contribution is 0.0737. The van der Waals surface area contributed by atoms with Gasteiger partial charge in [-0.25, -0.2) is 17.2 Å². The van der Waals surface area contributed by atoms with Gasteiger partial charge in [-0.1, -0.05) is 12.1 Å². The quantitative estimate of drug-likeness (QED) is 0.277. The summed E-state index contributed by atoms with van der Waals surface area (Å²) in [5.41, 5.74) is 1.64. The Bertz CT molecular complexity index is 1790. The lowest BCUT2D eigenvalue weighted by Crippen LogP contribution is -2.49. The number of benzene rings is 4. The van der Waals surface area contributed by atoms with Crippen molar-refractivity contribution >= 4 is 33.0 Å². The molecular weight excluding hydrogens is 614 g/mol. The van der Waals surface area contributed by atoms with Gasteiger partial charge >= 0.3 is 0 Å². The molecule has 0 unspecified atom stereocenters. The van der Waals surface area contributed by atoms with Gasteiger partial charge < -0.3 is 24.3 Å². The molecule has 4 aromatic rings. The maximum Gasteiger partial charge on any atom is 0.255 e. The Morgan fingerprint density at radius 1 is 0.543 bits per heavy atom. The van der Waals surface area contributed by atoms with E-state index in [1.54, 1.807) is 46.2 Å². The highest BCUT2D eigenvalue weighted by Gasteiger charge is 2.40. The molecule has 0 aromatic heterocycles. The molecule has 3 aliphatic rings. The van der Waals surface area contributed by atoms with E-state index in [2.05, 4.69) is 0 Å². The second-order valence-electron chi connectivity index (χ2n) is 11.4. The highest BCUT2D eigenvalue weighted by Crippen LogP contribution is 2.46. The molecule has 0 atom stereocenters. The molecule has 9 nitrogen and oxygen atoms in total. The summed E-state index contributed by atoms with van der Waals surface area (Å²) < 4.78 is 61.5. The molecule has 0 aliphatic carbocycles. The maximum absolute atomic E-state index is 14.3. The van der Waals surface area contributed by atoms with Gasteiger partial charge in [0, 0.05) is 63.7 Å². The van der Waals surface area contributed by atoms with Crippen LogP contribution in [0.3, 0.4) is 0 Å². The molecule has 2 amide bonds. The second kappa shape index (κ2) is 11.8. The molecule has 0 saturated carbocycles. The first-order valence-corrected chi connectivity index (χ1v) is 16.5. The van der Waals surface area contributed by atoms with Crippen LogP contribution in [0.15, 0.2) is 94.7 Å². The number of hydrogen-bond acceptors (Lipinski definition) is 7. The molecule has 0 spiro atoms. The molecule has 0 bridgehead atoms. The van der Waals surface area contributed by atoms with Crippen molar-refractivity contribution in [1.29, 1.82) is 0 Å². The Morgan fingerprint density at radius 3 is 1.28 bits per heavy atom. The smallest absolute Gasteiger partial charge is 0.255 e. The number of carbonyl (C=O) groups is 2. The Labute approximate surface area is 265 Å². The normalized spacial score (nSPS) is 17.2. The molecule has 0 N–H and O–H groups in total. The molecule has 3 aliphatic heterocycles. The van der Waals surface area contributed by atoms with Crippen LogP contribution in [-0.4, -0.2) is 82.4 Å². The number of hydrogen-bond donors (Lipinski definition) is 0. The van der Waals surface area contributed by atoms with E-state index < -0.39 is 21.7 Å². The van der Waals surface area contributed by atoms with Crippen LogP contribution in [0.4, 0.5) is 20.2 Å². The summed E-state index contributed by atoms with van der Waals surface area (Å²) in [6, 6.07) is 21.4. The topological polar surface area (TPSA) is 90.5 Å². The number of piperazine rings is 2. The molecule has 236 valence electrons. The molecule has 2 saturated heterocycles. The van der Waals surface area contributed by atoms with Gasteiger partial charge in [0.25, 0.3) is 11.8 Å². The Hall–Kier alpha value is -4.97. The molecular formula is C34H30F2N4O5S. The minimum atomic E-state index is -4.36. The van der Waals surface area contributed by atoms with Gasteiger partial charge in [-0.3, -0.25) is 9.59 Å². The fourth-order valence-electron chi connectivity index (χ4n) is 6.28. The van der Waals surface area contributed by atoms with Crippen molar-refractivity contribution in [2.75, 3.05) is 62.2 Å². The third-order valence-electron chi connectivity index (χ3n) is 8.69. The first-order chi connectivity index (χ1) is 22.2. The van der Waals surface area contributed by atoms with Crippen molar-refractivity contribution in [3.05, 3.63) is 108 Å². The van der Waals surface area contributed by atoms with Gasteiger partial charge in [0.2, 0.25) is 9.84 Å². The van der Waals surface area contributed by atoms with Gasteiger partial charge in [0.15, 0.2) is 0 Å². The van der Waals surface area contributed by atoms with E-state index in [1.807, 2.05) is 9.80 Å². The molecule has 12 heteroatoms. The van der Waals surface area contributed by atoms with Gasteiger partial charge in [-0.05, 0) is 72.8 Å². The van der Waals surface area contributed by atoms with Crippen LogP contribution in [0.2, 0.25) is 0 Å². The maximum atomic E-state index is 14.3. The zero-order valence-electron chi connectivity index (χ0n) is 24.7. The Balaban J connectivity index is 1.12. The van der Waals surface area contributed by atoms with E-state index in [1.165, 1.54) is 48.5 Å².